The molecule has 3 heterocycles. The van der Waals surface area contributed by atoms with Gasteiger partial charge >= 0.3 is 0 Å². The molecule has 1 aliphatic rings. The first-order chi connectivity index (χ1) is 13.5. The molecule has 3 aromatic rings. The number of nitrogens with zero attached hydrogens (tertiary/aromatic N) is 4. The number of anilines is 1. The molecule has 0 spiro atoms. The summed E-state index contributed by atoms with van der Waals surface area (Å²) in [5, 5.41) is 4.23. The van der Waals surface area contributed by atoms with Crippen LogP contribution in [0.25, 0.3) is 10.6 Å². The van der Waals surface area contributed by atoms with Crippen molar-refractivity contribution < 1.29 is 4.79 Å². The summed E-state index contributed by atoms with van der Waals surface area (Å²) in [6, 6.07) is 9.13. The van der Waals surface area contributed by atoms with Crippen molar-refractivity contribution in [1.29, 1.82) is 0 Å². The Hall–Kier alpha value is -1.86. The molecule has 1 aliphatic heterocycles. The monoisotopic (exact) mass is 452 g/mol. The molecule has 0 atom stereocenters. The van der Waals surface area contributed by atoms with Gasteiger partial charge in [-0.1, -0.05) is 46.9 Å². The van der Waals surface area contributed by atoms with Gasteiger partial charge in [0.15, 0.2) is 0 Å². The molecule has 0 aliphatic carbocycles. The first-order valence-electron chi connectivity index (χ1n) is 8.58. The Morgan fingerprint density at radius 1 is 1.04 bits per heavy atom. The highest BCUT2D eigenvalue weighted by Crippen LogP contribution is 2.28. The Kier molecular flexibility index (Phi) is 5.73. The molecule has 0 N–H and O–H groups in total. The Balaban J connectivity index is 1.43. The van der Waals surface area contributed by atoms with E-state index in [1.165, 1.54) is 11.3 Å². The fourth-order valence-corrected chi connectivity index (χ4v) is 4.53. The molecule has 0 radical (unpaired) electrons. The second-order valence-electron chi connectivity index (χ2n) is 6.29. The fraction of sp³-hybridized carbons (Fsp3) is 0.211. The number of carbonyl (C=O) groups is 1. The van der Waals surface area contributed by atoms with Gasteiger partial charge in [-0.15, -0.1) is 11.3 Å². The lowest BCUT2D eigenvalue weighted by atomic mass is 10.2. The summed E-state index contributed by atoms with van der Waals surface area (Å²) in [6.07, 6.45) is 1.58. The molecule has 1 fully saturated rings. The summed E-state index contributed by atoms with van der Waals surface area (Å²) in [6.45, 7) is 2.43. The number of rotatable bonds is 3. The summed E-state index contributed by atoms with van der Waals surface area (Å²) in [5.74, 6) is 0.620. The maximum atomic E-state index is 12.8. The second kappa shape index (κ2) is 8.25. The van der Waals surface area contributed by atoms with Crippen LogP contribution >= 0.6 is 46.1 Å². The van der Waals surface area contributed by atoms with Gasteiger partial charge in [0.2, 0.25) is 0 Å². The molecule has 4 rings (SSSR count). The van der Waals surface area contributed by atoms with Crippen LogP contribution in [0.2, 0.25) is 15.1 Å². The van der Waals surface area contributed by atoms with Crippen LogP contribution in [0.3, 0.4) is 0 Å². The van der Waals surface area contributed by atoms with Crippen molar-refractivity contribution in [3.05, 3.63) is 62.7 Å². The van der Waals surface area contributed by atoms with Crippen molar-refractivity contribution in [3.63, 3.8) is 0 Å². The molecule has 2 aromatic heterocycles. The van der Waals surface area contributed by atoms with Crippen LogP contribution in [0.15, 0.2) is 41.9 Å². The lowest BCUT2D eigenvalue weighted by molar-refractivity contribution is 0.0741. The minimum absolute atomic E-state index is 0.0701. The van der Waals surface area contributed by atoms with Gasteiger partial charge in [-0.25, -0.2) is 9.97 Å². The van der Waals surface area contributed by atoms with Crippen molar-refractivity contribution in [2.24, 2.45) is 0 Å². The summed E-state index contributed by atoms with van der Waals surface area (Å²) in [4.78, 5) is 25.5. The third-order valence-electron chi connectivity index (χ3n) is 4.45. The lowest BCUT2D eigenvalue weighted by Gasteiger charge is -2.35. The number of amides is 1. The summed E-state index contributed by atoms with van der Waals surface area (Å²) in [7, 11) is 0. The predicted octanol–water partition coefficient (Wildman–Crippen LogP) is 5.13. The normalized spacial score (nSPS) is 14.4. The number of thiazole rings is 1. The van der Waals surface area contributed by atoms with Crippen LogP contribution in [0.4, 0.5) is 5.82 Å². The van der Waals surface area contributed by atoms with E-state index in [-0.39, 0.29) is 5.91 Å². The smallest absolute Gasteiger partial charge is 0.273 e. The number of hydrogen-bond donors (Lipinski definition) is 0. The summed E-state index contributed by atoms with van der Waals surface area (Å²) >= 11 is 19.6. The van der Waals surface area contributed by atoms with E-state index < -0.39 is 0 Å². The van der Waals surface area contributed by atoms with Gasteiger partial charge in [0.1, 0.15) is 16.5 Å². The Labute approximate surface area is 181 Å². The molecule has 0 saturated carbocycles. The van der Waals surface area contributed by atoms with Crippen molar-refractivity contribution >= 4 is 57.9 Å². The van der Waals surface area contributed by atoms with Gasteiger partial charge < -0.3 is 9.80 Å². The van der Waals surface area contributed by atoms with E-state index in [2.05, 4.69) is 14.9 Å². The number of carbonyl (C=O) groups excluding carboxylic acids is 1. The topological polar surface area (TPSA) is 49.3 Å². The zero-order valence-electron chi connectivity index (χ0n) is 14.6. The molecule has 28 heavy (non-hydrogen) atoms. The maximum absolute atomic E-state index is 12.8. The first-order valence-corrected chi connectivity index (χ1v) is 10.6. The van der Waals surface area contributed by atoms with Crippen molar-refractivity contribution in [3.8, 4) is 10.6 Å². The molecule has 144 valence electrons. The van der Waals surface area contributed by atoms with E-state index >= 15 is 0 Å². The van der Waals surface area contributed by atoms with Crippen molar-refractivity contribution in [2.45, 2.75) is 0 Å². The minimum Gasteiger partial charge on any atom is -0.352 e. The predicted molar refractivity (Wildman–Crippen MR) is 115 cm³/mol. The molecule has 0 bridgehead atoms. The van der Waals surface area contributed by atoms with Gasteiger partial charge in [-0.2, -0.15) is 0 Å². The van der Waals surface area contributed by atoms with Gasteiger partial charge in [-0.3, -0.25) is 4.79 Å². The van der Waals surface area contributed by atoms with Crippen LogP contribution < -0.4 is 4.90 Å². The van der Waals surface area contributed by atoms with Crippen molar-refractivity contribution in [1.82, 2.24) is 14.9 Å². The van der Waals surface area contributed by atoms with E-state index in [1.807, 2.05) is 24.3 Å². The zero-order chi connectivity index (χ0) is 19.7. The standard InChI is InChI=1S/C19H15Cl3N4OS/c20-13-3-1-2-12(8-13)18-24-16(11-28-18)19(27)26-6-4-25(5-7-26)17-15(22)9-14(21)10-23-17/h1-3,8-11H,4-7H2. The van der Waals surface area contributed by atoms with Crippen LogP contribution in [0.1, 0.15) is 10.5 Å². The molecular formula is C19H15Cl3N4OS. The lowest BCUT2D eigenvalue weighted by Crippen LogP contribution is -2.49. The number of benzene rings is 1. The zero-order valence-corrected chi connectivity index (χ0v) is 17.7. The number of aromatic nitrogens is 2. The summed E-state index contributed by atoms with van der Waals surface area (Å²) in [5.41, 5.74) is 1.36. The average Bonchev–Trinajstić information content (AvgIpc) is 3.18. The molecule has 0 unspecified atom stereocenters. The third kappa shape index (κ3) is 4.10. The molecule has 5 nitrogen and oxygen atoms in total. The molecule has 1 amide bonds. The molecule has 1 saturated heterocycles. The van der Waals surface area contributed by atoms with Crippen molar-refractivity contribution in [2.75, 3.05) is 31.1 Å². The highest BCUT2D eigenvalue weighted by molar-refractivity contribution is 7.13. The number of pyridine rings is 1. The highest BCUT2D eigenvalue weighted by atomic mass is 35.5. The number of piperazine rings is 1. The van der Waals surface area contributed by atoms with Crippen LogP contribution in [0.5, 0.6) is 0 Å². The number of halogens is 3. The first kappa shape index (κ1) is 19.5. The largest absolute Gasteiger partial charge is 0.352 e. The minimum atomic E-state index is -0.0701. The third-order valence-corrected chi connectivity index (χ3v) is 6.06. The van der Waals surface area contributed by atoms with Gasteiger partial charge in [0, 0.05) is 48.3 Å². The summed E-state index contributed by atoms with van der Waals surface area (Å²) < 4.78 is 0. The Bertz CT molecular complexity index is 1020. The van der Waals surface area contributed by atoms with E-state index in [9.17, 15) is 4.79 Å². The fourth-order valence-electron chi connectivity index (χ4n) is 3.05. The van der Waals surface area contributed by atoms with Crippen LogP contribution in [-0.2, 0) is 0 Å². The van der Waals surface area contributed by atoms with Crippen LogP contribution in [0, 0.1) is 0 Å². The van der Waals surface area contributed by atoms with E-state index in [0.29, 0.717) is 52.8 Å². The second-order valence-corrected chi connectivity index (χ2v) is 8.42. The van der Waals surface area contributed by atoms with E-state index in [1.54, 1.807) is 22.5 Å². The van der Waals surface area contributed by atoms with Gasteiger partial charge in [0.25, 0.3) is 5.91 Å². The molecule has 9 heteroatoms. The van der Waals surface area contributed by atoms with Gasteiger partial charge in [0.05, 0.1) is 10.0 Å². The molecule has 1 aromatic carbocycles. The SMILES string of the molecule is O=C(c1csc(-c2cccc(Cl)c2)n1)N1CCN(c2ncc(Cl)cc2Cl)CC1. The maximum Gasteiger partial charge on any atom is 0.273 e. The average molecular weight is 454 g/mol. The molecular weight excluding hydrogens is 439 g/mol. The number of hydrogen-bond acceptors (Lipinski definition) is 5. The van der Waals surface area contributed by atoms with Crippen LogP contribution in [-0.4, -0.2) is 47.0 Å². The Morgan fingerprint density at radius 3 is 2.54 bits per heavy atom. The quantitative estimate of drug-likeness (QED) is 0.552. The Morgan fingerprint density at radius 2 is 1.82 bits per heavy atom. The van der Waals surface area contributed by atoms with E-state index in [4.69, 9.17) is 34.8 Å². The van der Waals surface area contributed by atoms with E-state index in [0.717, 1.165) is 10.6 Å². The highest BCUT2D eigenvalue weighted by Gasteiger charge is 2.25. The van der Waals surface area contributed by atoms with Gasteiger partial charge in [-0.05, 0) is 18.2 Å².